The normalized spacial score (nSPS) is 9.57. The van der Waals surface area contributed by atoms with Crippen LogP contribution in [0.3, 0.4) is 0 Å². The zero-order valence-electron chi connectivity index (χ0n) is 7.25. The van der Waals surface area contributed by atoms with Crippen LogP contribution in [0.25, 0.3) is 0 Å². The van der Waals surface area contributed by atoms with Crippen LogP contribution >= 0.6 is 48.3 Å². The lowest BCUT2D eigenvalue weighted by atomic mass is 11.0. The van der Waals surface area contributed by atoms with Crippen molar-refractivity contribution in [3.63, 3.8) is 0 Å². The molecule has 0 atom stereocenters. The molecular weight excluding hydrogens is 260 g/mol. The van der Waals surface area contributed by atoms with Crippen LogP contribution in [0, 0.1) is 0 Å². The summed E-state index contributed by atoms with van der Waals surface area (Å²) in [5, 5.41) is 7.04. The van der Waals surface area contributed by atoms with Crippen LogP contribution in [-0.4, -0.2) is 31.4 Å². The van der Waals surface area contributed by atoms with E-state index in [1.54, 1.807) is 0 Å². The molecule has 0 aliphatic rings. The van der Waals surface area contributed by atoms with Crippen LogP contribution in [0.5, 0.6) is 0 Å². The molecule has 0 unspecified atom stereocenters. The summed E-state index contributed by atoms with van der Waals surface area (Å²) in [6, 6.07) is 0. The quantitative estimate of drug-likeness (QED) is 0.223. The minimum Gasteiger partial charge on any atom is -0.375 e. The summed E-state index contributed by atoms with van der Waals surface area (Å²) in [5.41, 5.74) is 16.3. The third-order valence-electron chi connectivity index (χ3n) is 1.06. The highest BCUT2D eigenvalue weighted by molar-refractivity contribution is 7.98. The predicted molar refractivity (Wildman–Crippen MR) is 70.5 cm³/mol. The van der Waals surface area contributed by atoms with Gasteiger partial charge in [0.25, 0.3) is 0 Å². The second-order valence-electron chi connectivity index (χ2n) is 1.94. The van der Waals surface area contributed by atoms with Gasteiger partial charge in [-0.3, -0.25) is 5.14 Å². The first-order chi connectivity index (χ1) is 6.54. The third-order valence-corrected chi connectivity index (χ3v) is 2.74. The van der Waals surface area contributed by atoms with E-state index in [1.165, 1.54) is 21.4 Å². The van der Waals surface area contributed by atoms with Gasteiger partial charge in [-0.1, -0.05) is 11.9 Å². The van der Waals surface area contributed by atoms with E-state index in [0.717, 1.165) is 11.9 Å². The molecule has 82 valence electrons. The van der Waals surface area contributed by atoms with Gasteiger partial charge in [0, 0.05) is 0 Å². The first-order valence-electron chi connectivity index (χ1n) is 3.35. The minimum absolute atomic E-state index is 0.127. The van der Waals surface area contributed by atoms with E-state index in [0.29, 0.717) is 11.8 Å². The Kier molecular flexibility index (Phi) is 7.31. The maximum atomic E-state index is 5.47. The van der Waals surface area contributed by atoms with E-state index in [2.05, 4.69) is 0 Å². The van der Waals surface area contributed by atoms with Crippen molar-refractivity contribution in [1.29, 1.82) is 0 Å². The lowest BCUT2D eigenvalue weighted by Crippen LogP contribution is -2.50. The molecule has 8 N–H and O–H groups in total. The molecule has 0 aromatic heterocycles. The summed E-state index contributed by atoms with van der Waals surface area (Å²) < 4.78 is 1.44. The zero-order valence-corrected chi connectivity index (χ0v) is 10.5. The van der Waals surface area contributed by atoms with Gasteiger partial charge in [0.2, 0.25) is 0 Å². The molecule has 6 nitrogen and oxygen atoms in total. The van der Waals surface area contributed by atoms with E-state index in [9.17, 15) is 0 Å². The van der Waals surface area contributed by atoms with Gasteiger partial charge in [0.05, 0.1) is 5.88 Å². The Labute approximate surface area is 102 Å². The summed E-state index contributed by atoms with van der Waals surface area (Å²) in [6.07, 6.45) is 0. The SMILES string of the molecule is NCSN(C(N)=S)N(CSN)C(N)=S. The summed E-state index contributed by atoms with van der Waals surface area (Å²) in [7, 11) is 0. The van der Waals surface area contributed by atoms with Gasteiger partial charge in [-0.15, -0.1) is 0 Å². The van der Waals surface area contributed by atoms with E-state index < -0.39 is 0 Å². The number of hydrazine groups is 1. The van der Waals surface area contributed by atoms with Crippen LogP contribution in [0.2, 0.25) is 0 Å². The number of nitrogens with zero attached hydrogens (tertiary/aromatic N) is 2. The fraction of sp³-hybridized carbons (Fsp3) is 0.500. The molecule has 0 aliphatic heterocycles. The van der Waals surface area contributed by atoms with Crippen LogP contribution < -0.4 is 22.3 Å². The molecule has 0 saturated carbocycles. The highest BCUT2D eigenvalue weighted by Crippen LogP contribution is 2.13. The van der Waals surface area contributed by atoms with Crippen LogP contribution in [0.15, 0.2) is 0 Å². The second kappa shape index (κ2) is 7.31. The number of hydrogen-bond acceptors (Lipinski definition) is 6. The molecule has 0 radical (unpaired) electrons. The lowest BCUT2D eigenvalue weighted by Gasteiger charge is -2.32. The van der Waals surface area contributed by atoms with Crippen molar-refractivity contribution in [2.45, 2.75) is 0 Å². The Bertz CT molecular complexity index is 188. The van der Waals surface area contributed by atoms with Crippen molar-refractivity contribution < 1.29 is 0 Å². The molecule has 0 saturated heterocycles. The monoisotopic (exact) mass is 272 g/mol. The number of rotatable bonds is 4. The molecule has 0 aromatic rings. The lowest BCUT2D eigenvalue weighted by molar-refractivity contribution is 0.297. The van der Waals surface area contributed by atoms with Crippen molar-refractivity contribution in [1.82, 2.24) is 9.42 Å². The Balaban J connectivity index is 4.54. The van der Waals surface area contributed by atoms with Crippen molar-refractivity contribution in [2.24, 2.45) is 22.3 Å². The Morgan fingerprint density at radius 3 is 2.07 bits per heavy atom. The molecule has 10 heteroatoms. The average molecular weight is 272 g/mol. The maximum absolute atomic E-state index is 5.47. The molecule has 0 heterocycles. The summed E-state index contributed by atoms with van der Waals surface area (Å²) in [5.74, 6) is 0.672. The summed E-state index contributed by atoms with van der Waals surface area (Å²) in [6.45, 7) is 0. The second-order valence-corrected chi connectivity index (χ2v) is 4.31. The van der Waals surface area contributed by atoms with Crippen molar-refractivity contribution in [3.05, 3.63) is 0 Å². The van der Waals surface area contributed by atoms with Crippen LogP contribution in [0.4, 0.5) is 0 Å². The van der Waals surface area contributed by atoms with Gasteiger partial charge < -0.3 is 17.2 Å². The van der Waals surface area contributed by atoms with Gasteiger partial charge in [0.1, 0.15) is 5.88 Å². The fourth-order valence-electron chi connectivity index (χ4n) is 0.599. The third kappa shape index (κ3) is 4.48. The van der Waals surface area contributed by atoms with Crippen LogP contribution in [0.1, 0.15) is 0 Å². The number of hydrogen-bond donors (Lipinski definition) is 4. The summed E-state index contributed by atoms with van der Waals surface area (Å²) >= 11 is 11.9. The minimum atomic E-state index is 0.127. The molecule has 0 bridgehead atoms. The molecule has 0 aliphatic carbocycles. The van der Waals surface area contributed by atoms with Crippen LogP contribution in [-0.2, 0) is 0 Å². The molecule has 0 fully saturated rings. The van der Waals surface area contributed by atoms with Gasteiger partial charge in [-0.2, -0.15) is 4.41 Å². The van der Waals surface area contributed by atoms with Crippen molar-refractivity contribution >= 4 is 58.6 Å². The Morgan fingerprint density at radius 2 is 1.79 bits per heavy atom. The molecule has 14 heavy (non-hydrogen) atoms. The largest absolute Gasteiger partial charge is 0.375 e. The topological polar surface area (TPSA) is 111 Å². The molecule has 0 aromatic carbocycles. The first-order valence-corrected chi connectivity index (χ1v) is 6.16. The number of thiocarbonyl (C=S) groups is 2. The van der Waals surface area contributed by atoms with Gasteiger partial charge in [-0.05, 0) is 36.4 Å². The van der Waals surface area contributed by atoms with Gasteiger partial charge >= 0.3 is 0 Å². The Morgan fingerprint density at radius 1 is 1.21 bits per heavy atom. The van der Waals surface area contributed by atoms with E-state index in [1.807, 2.05) is 0 Å². The first kappa shape index (κ1) is 14.0. The molecular formula is C4H12N6S4. The summed E-state index contributed by atoms with van der Waals surface area (Å²) in [4.78, 5) is 0. The van der Waals surface area contributed by atoms with E-state index in [-0.39, 0.29) is 10.2 Å². The van der Waals surface area contributed by atoms with E-state index in [4.69, 9.17) is 46.8 Å². The van der Waals surface area contributed by atoms with Crippen molar-refractivity contribution in [2.75, 3.05) is 11.8 Å². The van der Waals surface area contributed by atoms with Gasteiger partial charge in [-0.25, -0.2) is 5.01 Å². The highest BCUT2D eigenvalue weighted by Gasteiger charge is 2.17. The molecule has 0 spiro atoms. The zero-order chi connectivity index (χ0) is 11.1. The number of nitrogens with two attached hydrogens (primary N) is 4. The standard InChI is InChI=1S/C4H12N6S4/c5-1-14-10(4(7)12)9(2-13-8)3(6)11/h1-2,5,8H2,(H2,6,11)(H2,7,12). The van der Waals surface area contributed by atoms with Crippen molar-refractivity contribution in [3.8, 4) is 0 Å². The molecule has 0 amide bonds. The van der Waals surface area contributed by atoms with Gasteiger partial charge in [0.15, 0.2) is 10.2 Å². The highest BCUT2D eigenvalue weighted by atomic mass is 32.2. The molecule has 0 rings (SSSR count). The average Bonchev–Trinajstić information content (AvgIpc) is 2.10. The fourth-order valence-corrected chi connectivity index (χ4v) is 2.16. The predicted octanol–water partition coefficient (Wildman–Crippen LogP) is -0.879. The van der Waals surface area contributed by atoms with E-state index >= 15 is 0 Å². The smallest absolute Gasteiger partial charge is 0.196 e. The maximum Gasteiger partial charge on any atom is 0.196 e. The Hall–Kier alpha value is -0.0000000000000000833.